The van der Waals surface area contributed by atoms with E-state index in [0.29, 0.717) is 12.0 Å². The Kier molecular flexibility index (Phi) is 5.00. The molecule has 0 amide bonds. The fourth-order valence-corrected chi connectivity index (χ4v) is 1.56. The third-order valence-corrected chi connectivity index (χ3v) is 2.77. The maximum Gasteiger partial charge on any atom is 0.311 e. The lowest BCUT2D eigenvalue weighted by molar-refractivity contribution is -0.385. The lowest BCUT2D eigenvalue weighted by Crippen LogP contribution is -2.25. The van der Waals surface area contributed by atoms with Crippen LogP contribution in [-0.2, 0) is 6.42 Å². The average molecular weight is 280 g/mol. The van der Waals surface area contributed by atoms with Gasteiger partial charge in [0.2, 0.25) is 5.75 Å². The number of nitrogens with zero attached hydrogens (tertiary/aromatic N) is 2. The van der Waals surface area contributed by atoms with Crippen LogP contribution in [0.5, 0.6) is 5.75 Å². The predicted octanol–water partition coefficient (Wildman–Crippen LogP) is 2.94. The van der Waals surface area contributed by atoms with E-state index in [-0.39, 0.29) is 16.6 Å². The fourth-order valence-electron chi connectivity index (χ4n) is 1.48. The maximum absolute atomic E-state index is 11.1. The number of hydrogen-bond donors (Lipinski definition) is 0. The molecule has 6 heteroatoms. The van der Waals surface area contributed by atoms with Crippen molar-refractivity contribution in [2.24, 2.45) is 0 Å². The van der Waals surface area contributed by atoms with E-state index < -0.39 is 4.92 Å². The SMILES string of the molecule is C=C(C)Cc1cccc([N+](=O)[O-])c1OC(=S)N(C)C. The molecule has 1 aromatic carbocycles. The van der Waals surface area contributed by atoms with Gasteiger partial charge in [0, 0.05) is 25.7 Å². The third kappa shape index (κ3) is 4.03. The Morgan fingerprint density at radius 1 is 1.53 bits per heavy atom. The summed E-state index contributed by atoms with van der Waals surface area (Å²) < 4.78 is 5.47. The highest BCUT2D eigenvalue weighted by molar-refractivity contribution is 7.80. The quantitative estimate of drug-likeness (QED) is 0.367. The van der Waals surface area contributed by atoms with Gasteiger partial charge in [-0.05, 0) is 25.6 Å². The Labute approximate surface area is 117 Å². The molecule has 0 bridgehead atoms. The van der Waals surface area contributed by atoms with E-state index >= 15 is 0 Å². The van der Waals surface area contributed by atoms with Gasteiger partial charge < -0.3 is 9.64 Å². The van der Waals surface area contributed by atoms with Crippen molar-refractivity contribution in [1.82, 2.24) is 4.90 Å². The van der Waals surface area contributed by atoms with Crippen LogP contribution in [0.25, 0.3) is 0 Å². The van der Waals surface area contributed by atoms with Crippen LogP contribution in [0.2, 0.25) is 0 Å². The molecule has 0 N–H and O–H groups in total. The first-order valence-electron chi connectivity index (χ1n) is 5.62. The van der Waals surface area contributed by atoms with Gasteiger partial charge in [-0.25, -0.2) is 0 Å². The number of rotatable bonds is 4. The summed E-state index contributed by atoms with van der Waals surface area (Å²) in [5, 5.41) is 11.2. The standard InChI is InChI=1S/C13H16N2O3S/c1-9(2)8-10-6-5-7-11(15(16)17)12(10)18-13(19)14(3)4/h5-7H,1,8H2,2-4H3. The number of nitro groups is 1. The molecule has 1 aromatic rings. The minimum absolute atomic E-state index is 0.0945. The zero-order valence-electron chi connectivity index (χ0n) is 11.2. The van der Waals surface area contributed by atoms with E-state index in [1.54, 1.807) is 31.1 Å². The molecule has 1 rings (SSSR count). The topological polar surface area (TPSA) is 55.6 Å². The molecule has 0 aliphatic heterocycles. The molecule has 0 fully saturated rings. The molecule has 0 unspecified atom stereocenters. The number of hydrogen-bond acceptors (Lipinski definition) is 4. The molecule has 0 atom stereocenters. The normalized spacial score (nSPS) is 9.84. The summed E-state index contributed by atoms with van der Waals surface area (Å²) in [6.45, 7) is 5.67. The monoisotopic (exact) mass is 280 g/mol. The van der Waals surface area contributed by atoms with Gasteiger partial charge >= 0.3 is 5.69 Å². The van der Waals surface area contributed by atoms with Crippen LogP contribution in [0.3, 0.4) is 0 Å². The van der Waals surface area contributed by atoms with E-state index in [4.69, 9.17) is 17.0 Å². The number of benzene rings is 1. The van der Waals surface area contributed by atoms with Gasteiger partial charge in [0.1, 0.15) is 0 Å². The van der Waals surface area contributed by atoms with E-state index in [0.717, 1.165) is 5.57 Å². The third-order valence-electron chi connectivity index (χ3n) is 2.32. The molecule has 0 heterocycles. The lowest BCUT2D eigenvalue weighted by atomic mass is 10.1. The van der Waals surface area contributed by atoms with Crippen LogP contribution in [0.15, 0.2) is 30.4 Å². The molecule has 0 aliphatic rings. The highest BCUT2D eigenvalue weighted by Crippen LogP contribution is 2.32. The Bertz CT molecular complexity index is 527. The van der Waals surface area contributed by atoms with Crippen molar-refractivity contribution in [1.29, 1.82) is 0 Å². The first-order valence-corrected chi connectivity index (χ1v) is 6.03. The number of ether oxygens (including phenoxy) is 1. The van der Waals surface area contributed by atoms with Crippen LogP contribution in [-0.4, -0.2) is 29.1 Å². The van der Waals surface area contributed by atoms with E-state index in [2.05, 4.69) is 6.58 Å². The zero-order chi connectivity index (χ0) is 14.6. The second-order valence-corrected chi connectivity index (χ2v) is 4.77. The summed E-state index contributed by atoms with van der Waals surface area (Å²) in [5.74, 6) is 0.189. The van der Waals surface area contributed by atoms with Crippen LogP contribution in [0, 0.1) is 10.1 Å². The number of thiocarbonyl (C=S) groups is 1. The molecule has 0 saturated carbocycles. The molecule has 0 saturated heterocycles. The summed E-state index contributed by atoms with van der Waals surface area (Å²) in [6, 6.07) is 4.80. The maximum atomic E-state index is 11.1. The Morgan fingerprint density at radius 2 is 2.16 bits per heavy atom. The molecule has 0 aliphatic carbocycles. The molecule has 0 aromatic heterocycles. The van der Waals surface area contributed by atoms with E-state index in [1.165, 1.54) is 6.07 Å². The van der Waals surface area contributed by atoms with Gasteiger partial charge in [0.15, 0.2) is 0 Å². The summed E-state index contributed by atoms with van der Waals surface area (Å²) in [6.07, 6.45) is 0.507. The predicted molar refractivity (Wildman–Crippen MR) is 78.5 cm³/mol. The van der Waals surface area contributed by atoms with Gasteiger partial charge in [-0.3, -0.25) is 10.1 Å². The summed E-state index contributed by atoms with van der Waals surface area (Å²) in [4.78, 5) is 12.2. The number of para-hydroxylation sites is 1. The second-order valence-electron chi connectivity index (χ2n) is 4.42. The Balaban J connectivity index is 3.24. The summed E-state index contributed by atoms with van der Waals surface area (Å²) >= 11 is 5.04. The first kappa shape index (κ1) is 15.1. The van der Waals surface area contributed by atoms with Crippen molar-refractivity contribution in [3.63, 3.8) is 0 Å². The second kappa shape index (κ2) is 6.29. The molecular weight excluding hydrogens is 264 g/mol. The molecule has 0 spiro atoms. The van der Waals surface area contributed by atoms with Crippen molar-refractivity contribution >= 4 is 23.1 Å². The number of allylic oxidation sites excluding steroid dienone is 1. The van der Waals surface area contributed by atoms with Crippen molar-refractivity contribution in [3.8, 4) is 5.75 Å². The Morgan fingerprint density at radius 3 is 2.63 bits per heavy atom. The van der Waals surface area contributed by atoms with Gasteiger partial charge in [0.25, 0.3) is 5.17 Å². The zero-order valence-corrected chi connectivity index (χ0v) is 12.0. The smallest absolute Gasteiger partial charge is 0.311 e. The highest BCUT2D eigenvalue weighted by atomic mass is 32.1. The van der Waals surface area contributed by atoms with E-state index in [9.17, 15) is 10.1 Å². The van der Waals surface area contributed by atoms with E-state index in [1.807, 2.05) is 6.92 Å². The Hall–Kier alpha value is -1.95. The first-order chi connectivity index (χ1) is 8.82. The van der Waals surface area contributed by atoms with Crippen LogP contribution in [0.4, 0.5) is 5.69 Å². The molecule has 5 nitrogen and oxygen atoms in total. The van der Waals surface area contributed by atoms with Crippen molar-refractivity contribution in [2.75, 3.05) is 14.1 Å². The van der Waals surface area contributed by atoms with Gasteiger partial charge in [-0.1, -0.05) is 24.3 Å². The van der Waals surface area contributed by atoms with Crippen LogP contribution < -0.4 is 4.74 Å². The minimum Gasteiger partial charge on any atom is -0.424 e. The molecular formula is C13H16N2O3S. The van der Waals surface area contributed by atoms with Crippen molar-refractivity contribution in [3.05, 3.63) is 46.0 Å². The fraction of sp³-hybridized carbons (Fsp3) is 0.308. The average Bonchev–Trinajstić information content (AvgIpc) is 2.29. The van der Waals surface area contributed by atoms with Gasteiger partial charge in [-0.2, -0.15) is 0 Å². The van der Waals surface area contributed by atoms with Gasteiger partial charge in [-0.15, -0.1) is 0 Å². The van der Waals surface area contributed by atoms with Crippen molar-refractivity contribution < 1.29 is 9.66 Å². The van der Waals surface area contributed by atoms with Gasteiger partial charge in [0.05, 0.1) is 4.92 Å². The van der Waals surface area contributed by atoms with Crippen molar-refractivity contribution in [2.45, 2.75) is 13.3 Å². The number of nitro benzene ring substituents is 1. The lowest BCUT2D eigenvalue weighted by Gasteiger charge is -2.16. The minimum atomic E-state index is -0.477. The molecule has 19 heavy (non-hydrogen) atoms. The van der Waals surface area contributed by atoms with Crippen LogP contribution >= 0.6 is 12.2 Å². The molecule has 0 radical (unpaired) electrons. The van der Waals surface area contributed by atoms with Crippen LogP contribution in [0.1, 0.15) is 12.5 Å². The highest BCUT2D eigenvalue weighted by Gasteiger charge is 2.21. The summed E-state index contributed by atoms with van der Waals surface area (Å²) in [5.41, 5.74) is 1.50. The largest absolute Gasteiger partial charge is 0.424 e. The summed E-state index contributed by atoms with van der Waals surface area (Å²) in [7, 11) is 3.44. The molecule has 102 valence electrons.